The zero-order chi connectivity index (χ0) is 39.7. The molecule has 3 atom stereocenters. The average molecular weight is 771 g/mol. The van der Waals surface area contributed by atoms with Gasteiger partial charge in [0, 0.05) is 43.0 Å². The topological polar surface area (TPSA) is 73.8 Å². The monoisotopic (exact) mass is 770 g/mol. The fourth-order valence-electron chi connectivity index (χ4n) is 8.67. The molecule has 0 spiro atoms. The maximum Gasteiger partial charge on any atom is 0.498 e. The highest BCUT2D eigenvalue weighted by atomic mass is 28.4. The molecular formula is C42H71BO8Si2. The van der Waals surface area contributed by atoms with Crippen LogP contribution in [-0.2, 0) is 29.3 Å². The van der Waals surface area contributed by atoms with Crippen molar-refractivity contribution in [3.05, 3.63) is 23.3 Å². The first-order valence-corrected chi connectivity index (χ1v) is 25.2. The Bertz CT molecular complexity index is 1610. The molecule has 2 aromatic carbocycles. The Hall–Kier alpha value is -1.60. The zero-order valence-corrected chi connectivity index (χ0v) is 38.4. The van der Waals surface area contributed by atoms with Crippen molar-refractivity contribution in [2.45, 2.75) is 187 Å². The first kappa shape index (κ1) is 42.5. The van der Waals surface area contributed by atoms with Crippen molar-refractivity contribution >= 4 is 40.0 Å². The van der Waals surface area contributed by atoms with Crippen LogP contribution >= 0.6 is 0 Å². The van der Waals surface area contributed by atoms with E-state index in [1.807, 2.05) is 13.0 Å². The lowest BCUT2D eigenvalue weighted by molar-refractivity contribution is -0.116. The molecule has 0 aliphatic carbocycles. The smallest absolute Gasteiger partial charge is 0.496 e. The van der Waals surface area contributed by atoms with Crippen LogP contribution in [0.25, 0.3) is 10.8 Å². The number of hydrogen-bond donors (Lipinski definition) is 0. The number of benzene rings is 2. The Balaban J connectivity index is 1.56. The first-order chi connectivity index (χ1) is 24.3. The molecule has 2 aromatic rings. The molecule has 5 rings (SSSR count). The second kappa shape index (κ2) is 14.7. The van der Waals surface area contributed by atoms with E-state index in [2.05, 4.69) is 116 Å². The highest BCUT2D eigenvalue weighted by Gasteiger charge is 2.54. The SMILES string of the molecule is COc1cc(B2OC(C)(C)C(C)(C)O2)c2c3c(c4c(cc13)C[C@H](CCO[Si](C(C)C)(C(C)C)C(C)C)O[C@H]4C)O[C@@](C)(CCO[Si](C)(C)C(C)(C)C)O2. The lowest BCUT2D eigenvalue weighted by Crippen LogP contribution is -2.48. The minimum absolute atomic E-state index is 0.0269. The molecular weight excluding hydrogens is 699 g/mol. The van der Waals surface area contributed by atoms with Crippen LogP contribution in [0, 0.1) is 0 Å². The number of fused-ring (bicyclic) bond motifs is 2. The predicted molar refractivity (Wildman–Crippen MR) is 222 cm³/mol. The van der Waals surface area contributed by atoms with Crippen LogP contribution in [0.4, 0.5) is 0 Å². The van der Waals surface area contributed by atoms with Gasteiger partial charge in [-0.1, -0.05) is 62.3 Å². The minimum atomic E-state index is -2.00. The number of rotatable bonds is 13. The van der Waals surface area contributed by atoms with Crippen molar-refractivity contribution in [2.24, 2.45) is 0 Å². The van der Waals surface area contributed by atoms with E-state index in [4.69, 9.17) is 37.1 Å². The maximum absolute atomic E-state index is 7.08. The minimum Gasteiger partial charge on any atom is -0.496 e. The summed E-state index contributed by atoms with van der Waals surface area (Å²) in [5.74, 6) is 1.22. The van der Waals surface area contributed by atoms with E-state index in [0.29, 0.717) is 42.0 Å². The molecule has 53 heavy (non-hydrogen) atoms. The van der Waals surface area contributed by atoms with Gasteiger partial charge in [0.15, 0.2) is 16.6 Å². The fraction of sp³-hybridized carbons (Fsp3) is 0.762. The third-order valence-electron chi connectivity index (χ3n) is 13.4. The summed E-state index contributed by atoms with van der Waals surface area (Å²) in [5.41, 5.74) is 3.64. The number of methoxy groups -OCH3 is 1. The van der Waals surface area contributed by atoms with E-state index in [1.54, 1.807) is 7.11 Å². The normalized spacial score (nSPS) is 24.2. The highest BCUT2D eigenvalue weighted by Crippen LogP contribution is 2.53. The lowest BCUT2D eigenvalue weighted by Gasteiger charge is -2.43. The summed E-state index contributed by atoms with van der Waals surface area (Å²) in [6.45, 7) is 39.1. The standard InChI is InChI=1S/C42H71BO8Si2/c1-26(2)53(27(3)4,28(5)6)46-21-19-31-23-30-24-32-34(44-16)25-33(43-50-40(11,12)41(13,14)51-43)37-36(32)38(35(30)29(7)47-31)49-42(15,48-37)20-22-45-52(17,18)39(8,9)10/h24-29,31H,19-23H2,1-18H3/t29-,31-,42-/m0/s1. The van der Waals surface area contributed by atoms with Gasteiger partial charge in [0.25, 0.3) is 5.79 Å². The largest absolute Gasteiger partial charge is 0.498 e. The highest BCUT2D eigenvalue weighted by molar-refractivity contribution is 6.77. The van der Waals surface area contributed by atoms with Crippen LogP contribution in [0.2, 0.25) is 34.8 Å². The van der Waals surface area contributed by atoms with E-state index >= 15 is 0 Å². The van der Waals surface area contributed by atoms with E-state index in [-0.39, 0.29) is 17.2 Å². The van der Waals surface area contributed by atoms with Gasteiger partial charge in [-0.2, -0.15) is 0 Å². The third kappa shape index (κ3) is 7.75. The van der Waals surface area contributed by atoms with Crippen molar-refractivity contribution in [3.63, 3.8) is 0 Å². The molecule has 0 unspecified atom stereocenters. The molecule has 298 valence electrons. The molecule has 1 fully saturated rings. The van der Waals surface area contributed by atoms with Crippen molar-refractivity contribution < 1.29 is 37.1 Å². The molecule has 0 saturated carbocycles. The summed E-state index contributed by atoms with van der Waals surface area (Å²) < 4.78 is 54.0. The Kier molecular flexibility index (Phi) is 11.8. The van der Waals surface area contributed by atoms with Crippen LogP contribution < -0.4 is 19.7 Å². The van der Waals surface area contributed by atoms with E-state index in [1.165, 1.54) is 5.56 Å². The quantitative estimate of drug-likeness (QED) is 0.187. The Morgan fingerprint density at radius 2 is 1.42 bits per heavy atom. The van der Waals surface area contributed by atoms with Gasteiger partial charge >= 0.3 is 7.12 Å². The van der Waals surface area contributed by atoms with Crippen LogP contribution in [0.3, 0.4) is 0 Å². The van der Waals surface area contributed by atoms with Crippen molar-refractivity contribution in [1.29, 1.82) is 0 Å². The van der Waals surface area contributed by atoms with Gasteiger partial charge in [0.2, 0.25) is 0 Å². The maximum atomic E-state index is 7.08. The van der Waals surface area contributed by atoms with Gasteiger partial charge in [0.05, 0.1) is 35.9 Å². The van der Waals surface area contributed by atoms with Gasteiger partial charge in [-0.3, -0.25) is 0 Å². The average Bonchev–Trinajstić information content (AvgIpc) is 3.23. The van der Waals surface area contributed by atoms with Crippen molar-refractivity contribution in [3.8, 4) is 17.2 Å². The molecule has 11 heteroatoms. The molecule has 1 saturated heterocycles. The Morgan fingerprint density at radius 1 is 0.849 bits per heavy atom. The number of hydrogen-bond acceptors (Lipinski definition) is 8. The molecule has 0 amide bonds. The van der Waals surface area contributed by atoms with E-state index in [9.17, 15) is 0 Å². The summed E-state index contributed by atoms with van der Waals surface area (Å²) >= 11 is 0. The fourth-order valence-corrected chi connectivity index (χ4v) is 15.2. The molecule has 0 aromatic heterocycles. The van der Waals surface area contributed by atoms with Gasteiger partial charge in [-0.05, 0) is 99.9 Å². The Morgan fingerprint density at radius 3 is 1.94 bits per heavy atom. The van der Waals surface area contributed by atoms with Crippen LogP contribution in [0.1, 0.15) is 134 Å². The van der Waals surface area contributed by atoms with Crippen molar-refractivity contribution in [1.82, 2.24) is 0 Å². The van der Waals surface area contributed by atoms with E-state index < -0.39 is 40.7 Å². The molecule has 8 nitrogen and oxygen atoms in total. The summed E-state index contributed by atoms with van der Waals surface area (Å²) in [6.07, 6.45) is 1.97. The van der Waals surface area contributed by atoms with Crippen LogP contribution in [0.15, 0.2) is 12.1 Å². The molecule has 0 bridgehead atoms. The van der Waals surface area contributed by atoms with Crippen LogP contribution in [-0.4, -0.2) is 67.2 Å². The summed E-state index contributed by atoms with van der Waals surface area (Å²) in [6, 6.07) is 4.30. The summed E-state index contributed by atoms with van der Waals surface area (Å²) in [7, 11) is -2.91. The van der Waals surface area contributed by atoms with Gasteiger partial charge in [0.1, 0.15) is 17.2 Å². The predicted octanol–water partition coefficient (Wildman–Crippen LogP) is 10.6. The van der Waals surface area contributed by atoms with Gasteiger partial charge in [-0.15, -0.1) is 0 Å². The van der Waals surface area contributed by atoms with Gasteiger partial charge in [-0.25, -0.2) is 0 Å². The Labute approximate surface area is 324 Å². The second-order valence-corrected chi connectivity index (χ2v) is 29.8. The van der Waals surface area contributed by atoms with Crippen molar-refractivity contribution in [2.75, 3.05) is 20.3 Å². The number of ether oxygens (including phenoxy) is 4. The second-order valence-electron chi connectivity index (χ2n) is 19.5. The molecule has 0 N–H and O–H groups in total. The summed E-state index contributed by atoms with van der Waals surface area (Å²) in [4.78, 5) is 0. The molecule has 3 heterocycles. The first-order valence-electron chi connectivity index (χ1n) is 20.2. The van der Waals surface area contributed by atoms with E-state index in [0.717, 1.165) is 46.1 Å². The summed E-state index contributed by atoms with van der Waals surface area (Å²) in [5, 5.41) is 1.91. The van der Waals surface area contributed by atoms with Gasteiger partial charge < -0.3 is 37.1 Å². The molecule has 3 aliphatic rings. The zero-order valence-electron chi connectivity index (χ0n) is 36.4. The molecule has 3 aliphatic heterocycles. The lowest BCUT2D eigenvalue weighted by atomic mass is 9.75. The third-order valence-corrected chi connectivity index (χ3v) is 24.0. The molecule has 0 radical (unpaired) electrons. The van der Waals surface area contributed by atoms with Crippen LogP contribution in [0.5, 0.6) is 17.2 Å².